The minimum absolute atomic E-state index is 0.0557. The molecular weight excluding hydrogens is 306 g/mol. The predicted octanol–water partition coefficient (Wildman–Crippen LogP) is 3.12. The Labute approximate surface area is 120 Å². The second-order valence-electron chi connectivity index (χ2n) is 4.20. The third kappa shape index (κ3) is 4.13. The smallest absolute Gasteiger partial charge is 0.225 e. The summed E-state index contributed by atoms with van der Waals surface area (Å²) < 4.78 is 0.644. The summed E-state index contributed by atoms with van der Waals surface area (Å²) in [7, 11) is 0. The van der Waals surface area contributed by atoms with Crippen molar-refractivity contribution in [2.75, 3.05) is 5.32 Å². The van der Waals surface area contributed by atoms with Gasteiger partial charge in [0.05, 0.1) is 12.4 Å². The molecule has 5 heteroatoms. The second kappa shape index (κ2) is 6.43. The molecule has 98 valence electrons. The van der Waals surface area contributed by atoms with Crippen LogP contribution >= 0.6 is 15.9 Å². The first kappa shape index (κ1) is 13.7. The Morgan fingerprint density at radius 1 is 1.26 bits per heavy atom. The van der Waals surface area contributed by atoms with Crippen molar-refractivity contribution in [3.63, 3.8) is 0 Å². The first-order chi connectivity index (χ1) is 9.15. The van der Waals surface area contributed by atoms with E-state index in [2.05, 4.69) is 31.2 Å². The summed E-state index contributed by atoms with van der Waals surface area (Å²) in [5.41, 5.74) is 2.40. The molecular formula is C14H14BrN3O. The third-order valence-electron chi connectivity index (χ3n) is 2.77. The Bertz CT molecular complexity index is 569. The summed E-state index contributed by atoms with van der Waals surface area (Å²) in [6.45, 7) is 2.05. The van der Waals surface area contributed by atoms with Crippen LogP contribution in [-0.4, -0.2) is 15.9 Å². The standard InChI is InChI=1S/C14H14BrN3O/c1-10-4-2-3-5-11(10)6-7-14(19)18-13-9-16-12(15)8-17-13/h2-5,8-9H,6-7H2,1H3,(H,17,18,19). The molecule has 0 atom stereocenters. The van der Waals surface area contributed by atoms with E-state index in [4.69, 9.17) is 0 Å². The summed E-state index contributed by atoms with van der Waals surface area (Å²) in [5, 5.41) is 2.73. The van der Waals surface area contributed by atoms with Gasteiger partial charge in [-0.05, 0) is 40.4 Å². The average Bonchev–Trinajstić information content (AvgIpc) is 2.40. The SMILES string of the molecule is Cc1ccccc1CCC(=O)Nc1cnc(Br)cn1. The van der Waals surface area contributed by atoms with Crippen LogP contribution in [0.2, 0.25) is 0 Å². The van der Waals surface area contributed by atoms with Gasteiger partial charge in [-0.2, -0.15) is 0 Å². The highest BCUT2D eigenvalue weighted by molar-refractivity contribution is 9.10. The van der Waals surface area contributed by atoms with Crippen LogP contribution in [0.5, 0.6) is 0 Å². The Hall–Kier alpha value is -1.75. The molecule has 0 aliphatic carbocycles. The molecule has 0 unspecified atom stereocenters. The molecule has 0 spiro atoms. The van der Waals surface area contributed by atoms with Crippen LogP contribution in [0.15, 0.2) is 41.3 Å². The number of rotatable bonds is 4. The number of hydrogen-bond acceptors (Lipinski definition) is 3. The maximum absolute atomic E-state index is 11.8. The van der Waals surface area contributed by atoms with Crippen LogP contribution in [0.3, 0.4) is 0 Å². The van der Waals surface area contributed by atoms with E-state index < -0.39 is 0 Å². The number of aromatic nitrogens is 2. The lowest BCUT2D eigenvalue weighted by atomic mass is 10.0. The van der Waals surface area contributed by atoms with Crippen molar-refractivity contribution in [3.8, 4) is 0 Å². The molecule has 4 nitrogen and oxygen atoms in total. The number of aryl methyl sites for hydroxylation is 2. The van der Waals surface area contributed by atoms with Gasteiger partial charge in [-0.15, -0.1) is 0 Å². The first-order valence-corrected chi connectivity index (χ1v) is 6.76. The third-order valence-corrected chi connectivity index (χ3v) is 3.18. The molecule has 2 rings (SSSR count). The van der Waals surface area contributed by atoms with E-state index in [-0.39, 0.29) is 5.91 Å². The zero-order valence-electron chi connectivity index (χ0n) is 10.6. The van der Waals surface area contributed by atoms with E-state index in [1.165, 1.54) is 17.3 Å². The zero-order valence-corrected chi connectivity index (χ0v) is 12.1. The number of benzene rings is 1. The summed E-state index contributed by atoms with van der Waals surface area (Å²) in [6.07, 6.45) is 4.23. The fraction of sp³-hybridized carbons (Fsp3) is 0.214. The lowest BCUT2D eigenvalue weighted by Gasteiger charge is -2.06. The number of anilines is 1. The van der Waals surface area contributed by atoms with Crippen molar-refractivity contribution >= 4 is 27.7 Å². The lowest BCUT2D eigenvalue weighted by molar-refractivity contribution is -0.116. The molecule has 0 saturated carbocycles. The number of carbonyl (C=O) groups excluding carboxylic acids is 1. The maximum Gasteiger partial charge on any atom is 0.225 e. The highest BCUT2D eigenvalue weighted by atomic mass is 79.9. The molecule has 0 bridgehead atoms. The van der Waals surface area contributed by atoms with Gasteiger partial charge in [0, 0.05) is 6.42 Å². The van der Waals surface area contributed by atoms with Gasteiger partial charge in [0.15, 0.2) is 5.82 Å². The van der Waals surface area contributed by atoms with Gasteiger partial charge in [-0.25, -0.2) is 9.97 Å². The average molecular weight is 320 g/mol. The molecule has 0 radical (unpaired) electrons. The van der Waals surface area contributed by atoms with E-state index in [9.17, 15) is 4.79 Å². The number of nitrogens with one attached hydrogen (secondary N) is 1. The molecule has 1 heterocycles. The molecule has 0 saturated heterocycles. The summed E-state index contributed by atoms with van der Waals surface area (Å²) >= 11 is 3.19. The number of hydrogen-bond donors (Lipinski definition) is 1. The highest BCUT2D eigenvalue weighted by Gasteiger charge is 2.05. The molecule has 1 N–H and O–H groups in total. The van der Waals surface area contributed by atoms with E-state index in [0.717, 1.165) is 6.42 Å². The van der Waals surface area contributed by atoms with Gasteiger partial charge < -0.3 is 5.32 Å². The number of halogens is 1. The first-order valence-electron chi connectivity index (χ1n) is 5.97. The molecule has 0 aliphatic rings. The lowest BCUT2D eigenvalue weighted by Crippen LogP contribution is -2.13. The van der Waals surface area contributed by atoms with Crippen molar-refractivity contribution in [2.24, 2.45) is 0 Å². The monoisotopic (exact) mass is 319 g/mol. The van der Waals surface area contributed by atoms with Gasteiger partial charge in [0.25, 0.3) is 0 Å². The maximum atomic E-state index is 11.8. The Morgan fingerprint density at radius 2 is 2.05 bits per heavy atom. The van der Waals surface area contributed by atoms with Gasteiger partial charge in [0.1, 0.15) is 4.60 Å². The topological polar surface area (TPSA) is 54.9 Å². The van der Waals surface area contributed by atoms with Gasteiger partial charge in [-0.1, -0.05) is 24.3 Å². The fourth-order valence-corrected chi connectivity index (χ4v) is 1.93. The summed E-state index contributed by atoms with van der Waals surface area (Å²) in [4.78, 5) is 19.8. The van der Waals surface area contributed by atoms with Gasteiger partial charge >= 0.3 is 0 Å². The molecule has 1 aromatic heterocycles. The largest absolute Gasteiger partial charge is 0.309 e. The van der Waals surface area contributed by atoms with Crippen LogP contribution in [0.1, 0.15) is 17.5 Å². The minimum atomic E-state index is -0.0557. The molecule has 0 fully saturated rings. The van der Waals surface area contributed by atoms with Gasteiger partial charge in [0.2, 0.25) is 5.91 Å². The van der Waals surface area contributed by atoms with Crippen molar-refractivity contribution in [2.45, 2.75) is 19.8 Å². The highest BCUT2D eigenvalue weighted by Crippen LogP contribution is 2.11. The molecule has 19 heavy (non-hydrogen) atoms. The van der Waals surface area contributed by atoms with Crippen LogP contribution in [0.4, 0.5) is 5.82 Å². The minimum Gasteiger partial charge on any atom is -0.309 e. The molecule has 2 aromatic rings. The Kier molecular flexibility index (Phi) is 4.63. The molecule has 1 amide bonds. The summed E-state index contributed by atoms with van der Waals surface area (Å²) in [5.74, 6) is 0.415. The second-order valence-corrected chi connectivity index (χ2v) is 5.01. The van der Waals surface area contributed by atoms with Crippen molar-refractivity contribution < 1.29 is 4.79 Å². The molecule has 1 aromatic carbocycles. The predicted molar refractivity (Wildman–Crippen MR) is 77.9 cm³/mol. The molecule has 0 aliphatic heterocycles. The van der Waals surface area contributed by atoms with Crippen LogP contribution in [0.25, 0.3) is 0 Å². The Morgan fingerprint density at radius 3 is 2.74 bits per heavy atom. The normalized spacial score (nSPS) is 10.2. The number of carbonyl (C=O) groups is 1. The number of amides is 1. The number of nitrogens with zero attached hydrogens (tertiary/aromatic N) is 2. The summed E-state index contributed by atoms with van der Waals surface area (Å²) in [6, 6.07) is 8.08. The van der Waals surface area contributed by atoms with Crippen LogP contribution < -0.4 is 5.32 Å². The van der Waals surface area contributed by atoms with E-state index in [0.29, 0.717) is 16.8 Å². The fourth-order valence-electron chi connectivity index (χ4n) is 1.72. The van der Waals surface area contributed by atoms with Crippen molar-refractivity contribution in [3.05, 3.63) is 52.4 Å². The van der Waals surface area contributed by atoms with E-state index >= 15 is 0 Å². The van der Waals surface area contributed by atoms with E-state index in [1.807, 2.05) is 31.2 Å². The Balaban J connectivity index is 1.88. The van der Waals surface area contributed by atoms with Crippen molar-refractivity contribution in [1.29, 1.82) is 0 Å². The van der Waals surface area contributed by atoms with Crippen LogP contribution in [-0.2, 0) is 11.2 Å². The quantitative estimate of drug-likeness (QED) is 0.942. The van der Waals surface area contributed by atoms with E-state index in [1.54, 1.807) is 6.20 Å². The van der Waals surface area contributed by atoms with Gasteiger partial charge in [-0.3, -0.25) is 4.79 Å². The van der Waals surface area contributed by atoms with Crippen LogP contribution in [0, 0.1) is 6.92 Å². The van der Waals surface area contributed by atoms with Crippen molar-refractivity contribution in [1.82, 2.24) is 9.97 Å². The zero-order chi connectivity index (χ0) is 13.7.